The molecule has 2 aromatic carbocycles. The van der Waals surface area contributed by atoms with Gasteiger partial charge in [-0.25, -0.2) is 9.67 Å². The van der Waals surface area contributed by atoms with Crippen molar-refractivity contribution in [3.05, 3.63) is 75.2 Å². The van der Waals surface area contributed by atoms with Gasteiger partial charge in [-0.2, -0.15) is 4.99 Å². The van der Waals surface area contributed by atoms with Crippen LogP contribution in [0.2, 0.25) is 0 Å². The summed E-state index contributed by atoms with van der Waals surface area (Å²) in [6.07, 6.45) is 0. The van der Waals surface area contributed by atoms with E-state index in [9.17, 15) is 9.59 Å². The lowest BCUT2D eigenvalue weighted by atomic mass is 10.1. The number of nitrogens with zero attached hydrogens (tertiary/aromatic N) is 4. The van der Waals surface area contributed by atoms with Crippen molar-refractivity contribution in [1.29, 1.82) is 0 Å². The predicted molar refractivity (Wildman–Crippen MR) is 123 cm³/mol. The summed E-state index contributed by atoms with van der Waals surface area (Å²) >= 11 is 0. The first kappa shape index (κ1) is 20.1. The van der Waals surface area contributed by atoms with Crippen LogP contribution in [0.5, 0.6) is 0 Å². The van der Waals surface area contributed by atoms with Gasteiger partial charge < -0.3 is 9.64 Å². The first-order valence-corrected chi connectivity index (χ1v) is 10.6. The van der Waals surface area contributed by atoms with Gasteiger partial charge in [0.2, 0.25) is 0 Å². The molecule has 0 aliphatic carbocycles. The molecule has 1 amide bonds. The first-order chi connectivity index (χ1) is 15.5. The first-order valence-electron chi connectivity index (χ1n) is 10.6. The van der Waals surface area contributed by atoms with E-state index in [4.69, 9.17) is 4.74 Å². The van der Waals surface area contributed by atoms with Crippen molar-refractivity contribution < 1.29 is 9.53 Å². The summed E-state index contributed by atoms with van der Waals surface area (Å²) in [5.74, 6) is -0.465. The highest BCUT2D eigenvalue weighted by molar-refractivity contribution is 6.54. The summed E-state index contributed by atoms with van der Waals surface area (Å²) in [7, 11) is 0. The Hall–Kier alpha value is -3.78. The second kappa shape index (κ2) is 8.05. The van der Waals surface area contributed by atoms with Gasteiger partial charge in [0, 0.05) is 18.8 Å². The fourth-order valence-corrected chi connectivity index (χ4v) is 4.07. The molecule has 3 aromatic rings. The topological polar surface area (TPSA) is 92.0 Å². The number of H-pyrrole nitrogens is 1. The predicted octanol–water partition coefficient (Wildman–Crippen LogP) is 1.41. The molecule has 0 bridgehead atoms. The van der Waals surface area contributed by atoms with Crippen LogP contribution in [0.4, 0.5) is 11.4 Å². The molecule has 1 fully saturated rings. The van der Waals surface area contributed by atoms with Gasteiger partial charge in [0.15, 0.2) is 5.49 Å². The number of hydrogen-bond acceptors (Lipinski definition) is 5. The summed E-state index contributed by atoms with van der Waals surface area (Å²) in [6, 6.07) is 15.2. The van der Waals surface area contributed by atoms with Crippen LogP contribution in [-0.4, -0.2) is 47.7 Å². The molecule has 0 radical (unpaired) electrons. The highest BCUT2D eigenvalue weighted by Gasteiger charge is 2.23. The summed E-state index contributed by atoms with van der Waals surface area (Å²) in [4.78, 5) is 36.9. The average Bonchev–Trinajstić information content (AvgIpc) is 3.14. The minimum absolute atomic E-state index is 0.191. The Morgan fingerprint density at radius 2 is 1.75 bits per heavy atom. The number of aliphatic imine (C=N–C) groups is 1. The van der Waals surface area contributed by atoms with Crippen molar-refractivity contribution in [2.45, 2.75) is 13.8 Å². The molecule has 5 rings (SSSR count). The second-order valence-corrected chi connectivity index (χ2v) is 7.88. The van der Waals surface area contributed by atoms with E-state index in [-0.39, 0.29) is 16.8 Å². The summed E-state index contributed by atoms with van der Waals surface area (Å²) in [6.45, 7) is 6.84. The van der Waals surface area contributed by atoms with E-state index < -0.39 is 5.91 Å². The maximum atomic E-state index is 13.1. The van der Waals surface area contributed by atoms with Crippen LogP contribution in [0.1, 0.15) is 12.5 Å². The van der Waals surface area contributed by atoms with Crippen LogP contribution in [0.3, 0.4) is 0 Å². The van der Waals surface area contributed by atoms with Crippen LogP contribution in [0.25, 0.3) is 11.3 Å². The molecule has 8 heteroatoms. The quantitative estimate of drug-likeness (QED) is 0.682. The van der Waals surface area contributed by atoms with E-state index in [1.54, 1.807) is 6.92 Å². The molecule has 1 saturated heterocycles. The van der Waals surface area contributed by atoms with Gasteiger partial charge in [0.05, 0.1) is 29.8 Å². The molecule has 1 aromatic heterocycles. The molecule has 0 spiro atoms. The number of anilines is 1. The molecule has 2 aliphatic heterocycles. The van der Waals surface area contributed by atoms with Gasteiger partial charge in [0.25, 0.3) is 11.5 Å². The fourth-order valence-electron chi connectivity index (χ4n) is 4.07. The zero-order valence-electron chi connectivity index (χ0n) is 18.0. The van der Waals surface area contributed by atoms with Gasteiger partial charge in [-0.05, 0) is 55.3 Å². The minimum atomic E-state index is -0.465. The van der Waals surface area contributed by atoms with Crippen LogP contribution in [0.15, 0.2) is 63.3 Å². The lowest BCUT2D eigenvalue weighted by molar-refractivity contribution is -0.112. The maximum absolute atomic E-state index is 13.1. The zero-order chi connectivity index (χ0) is 22.2. The lowest BCUT2D eigenvalue weighted by Crippen LogP contribution is -2.43. The van der Waals surface area contributed by atoms with E-state index in [0.717, 1.165) is 24.3 Å². The number of para-hydroxylation sites is 1. The number of morpholine rings is 1. The molecule has 8 nitrogen and oxygen atoms in total. The van der Waals surface area contributed by atoms with E-state index >= 15 is 0 Å². The number of ether oxygens (including phenoxy) is 1. The van der Waals surface area contributed by atoms with Gasteiger partial charge in [-0.15, -0.1) is 0 Å². The smallest absolute Gasteiger partial charge is 0.297 e. The van der Waals surface area contributed by atoms with Gasteiger partial charge >= 0.3 is 0 Å². The number of rotatable bonds is 3. The monoisotopic (exact) mass is 429 g/mol. The third kappa shape index (κ3) is 3.48. The van der Waals surface area contributed by atoms with Crippen molar-refractivity contribution >= 4 is 28.6 Å². The third-order valence-electron chi connectivity index (χ3n) is 5.82. The van der Waals surface area contributed by atoms with E-state index in [1.807, 2.05) is 49.4 Å². The van der Waals surface area contributed by atoms with Crippen molar-refractivity contribution in [3.8, 4) is 5.69 Å². The molecule has 32 heavy (non-hydrogen) atoms. The number of aromatic amines is 1. The normalized spacial score (nSPS) is 17.4. The number of aryl methyl sites for hydroxylation is 1. The van der Waals surface area contributed by atoms with Crippen molar-refractivity contribution in [3.63, 3.8) is 0 Å². The zero-order valence-corrected chi connectivity index (χ0v) is 18.0. The number of amides is 1. The third-order valence-corrected chi connectivity index (χ3v) is 5.82. The molecule has 1 N–H and O–H groups in total. The van der Waals surface area contributed by atoms with Crippen molar-refractivity contribution in [1.82, 2.24) is 9.78 Å². The summed E-state index contributed by atoms with van der Waals surface area (Å²) in [5.41, 5.74) is 4.13. The molecule has 2 aliphatic rings. The average molecular weight is 429 g/mol. The Bertz CT molecular complexity index is 1410. The van der Waals surface area contributed by atoms with E-state index in [0.29, 0.717) is 35.4 Å². The fraction of sp³-hybridized carbons (Fsp3) is 0.250. The molecular weight excluding hydrogens is 406 g/mol. The Balaban J connectivity index is 1.57. The highest BCUT2D eigenvalue weighted by atomic mass is 16.5. The van der Waals surface area contributed by atoms with Crippen LogP contribution in [0, 0.1) is 6.92 Å². The van der Waals surface area contributed by atoms with Crippen LogP contribution >= 0.6 is 0 Å². The lowest BCUT2D eigenvalue weighted by Gasteiger charge is -2.29. The standard InChI is InChI=1S/C24H23N5O3/c1-15-14-18(28-10-12-32-13-11-28)8-9-19(15)25-21-16(2)20-22(26-23(21)30)27-29(24(20)31)17-6-4-3-5-7-17/h3-9,14H,10-13H2,1-2H3,(H,26,27,30). The Morgan fingerprint density at radius 1 is 1.00 bits per heavy atom. The SMILES string of the molecule is CC1=c2c([nH]n(-c3ccccc3)c2=O)=NC(=O)C1=Nc1ccc(N2CCOCC2)cc1C. The molecule has 0 saturated carbocycles. The number of fused-ring (bicyclic) bond motifs is 1. The summed E-state index contributed by atoms with van der Waals surface area (Å²) in [5, 5.41) is 3.31. The number of hydrogen-bond donors (Lipinski definition) is 1. The second-order valence-electron chi connectivity index (χ2n) is 7.88. The number of nitrogens with one attached hydrogen (secondary N) is 1. The Morgan fingerprint density at radius 3 is 2.47 bits per heavy atom. The molecule has 3 heterocycles. The van der Waals surface area contributed by atoms with Crippen molar-refractivity contribution in [2.24, 2.45) is 9.98 Å². The van der Waals surface area contributed by atoms with Gasteiger partial charge in [-0.1, -0.05) is 18.2 Å². The van der Waals surface area contributed by atoms with Crippen molar-refractivity contribution in [2.75, 3.05) is 31.2 Å². The Labute approximate surface area is 184 Å². The maximum Gasteiger partial charge on any atom is 0.297 e. The van der Waals surface area contributed by atoms with E-state index in [2.05, 4.69) is 26.0 Å². The van der Waals surface area contributed by atoms with Gasteiger partial charge in [-0.3, -0.25) is 14.7 Å². The number of carbonyl (C=O) groups excluding carboxylic acids is 1. The number of carbonyl (C=O) groups is 1. The highest BCUT2D eigenvalue weighted by Crippen LogP contribution is 2.26. The van der Waals surface area contributed by atoms with Crippen LogP contribution < -0.4 is 21.2 Å². The molecule has 0 atom stereocenters. The number of aromatic nitrogens is 2. The van der Waals surface area contributed by atoms with Gasteiger partial charge in [0.1, 0.15) is 5.71 Å². The summed E-state index contributed by atoms with van der Waals surface area (Å²) < 4.78 is 6.82. The number of benzene rings is 2. The molecule has 162 valence electrons. The van der Waals surface area contributed by atoms with Crippen LogP contribution in [-0.2, 0) is 9.53 Å². The minimum Gasteiger partial charge on any atom is -0.378 e. The molecular formula is C24H23N5O3. The van der Waals surface area contributed by atoms with E-state index in [1.165, 1.54) is 4.68 Å². The largest absolute Gasteiger partial charge is 0.378 e. The molecule has 0 unspecified atom stereocenters. The Kier molecular flexibility index (Phi) is 5.07.